The summed E-state index contributed by atoms with van der Waals surface area (Å²) in [5.74, 6) is 0. The minimum absolute atomic E-state index is 0.172. The van der Waals surface area contributed by atoms with Crippen LogP contribution in [-0.2, 0) is 10.3 Å². The summed E-state index contributed by atoms with van der Waals surface area (Å²) in [6.45, 7) is 3.84. The molecule has 0 aliphatic carbocycles. The van der Waals surface area contributed by atoms with Gasteiger partial charge in [-0.15, -0.1) is 0 Å². The van der Waals surface area contributed by atoms with Crippen molar-refractivity contribution in [1.29, 1.82) is 0 Å². The van der Waals surface area contributed by atoms with Gasteiger partial charge in [-0.1, -0.05) is 60.1 Å². The van der Waals surface area contributed by atoms with Gasteiger partial charge in [-0.25, -0.2) is 0 Å². The molecule has 0 saturated carbocycles. The highest BCUT2D eigenvalue weighted by Gasteiger charge is 2.35. The van der Waals surface area contributed by atoms with E-state index in [1.165, 1.54) is 4.68 Å². The number of hydrogen-bond acceptors (Lipinski definition) is 4. The molecule has 0 N–H and O–H groups in total. The fraction of sp³-hybridized carbons (Fsp3) is 0.238. The molecule has 3 aromatic rings. The van der Waals surface area contributed by atoms with Gasteiger partial charge in [0.25, 0.3) is 5.56 Å². The van der Waals surface area contributed by atoms with Crippen molar-refractivity contribution in [1.82, 2.24) is 9.78 Å². The molecule has 1 saturated heterocycles. The van der Waals surface area contributed by atoms with E-state index < -0.39 is 5.60 Å². The van der Waals surface area contributed by atoms with Gasteiger partial charge in [0.1, 0.15) is 10.6 Å². The minimum Gasteiger partial charge on any atom is -0.367 e. The molecular formula is C21H20ClN3O2. The molecule has 0 spiro atoms. The molecule has 1 aromatic heterocycles. The number of benzene rings is 2. The lowest BCUT2D eigenvalue weighted by atomic mass is 9.93. The van der Waals surface area contributed by atoms with Crippen LogP contribution in [0.5, 0.6) is 0 Å². The van der Waals surface area contributed by atoms with Crippen LogP contribution < -0.4 is 10.5 Å². The van der Waals surface area contributed by atoms with Crippen molar-refractivity contribution < 1.29 is 4.74 Å². The highest BCUT2D eigenvalue weighted by atomic mass is 35.5. The SMILES string of the molecule is CC1(c2ccccc2)CN(c2cnn(-c3ccccc3)c(=O)c2Cl)CCO1. The van der Waals surface area contributed by atoms with Gasteiger partial charge in [0.05, 0.1) is 30.7 Å². The lowest BCUT2D eigenvalue weighted by Crippen LogP contribution is -2.48. The first-order chi connectivity index (χ1) is 13.1. The lowest BCUT2D eigenvalue weighted by molar-refractivity contribution is -0.0466. The Hall–Kier alpha value is -2.63. The number of nitrogens with zero attached hydrogens (tertiary/aromatic N) is 3. The molecule has 5 nitrogen and oxygen atoms in total. The molecule has 0 radical (unpaired) electrons. The number of aromatic nitrogens is 2. The number of hydrogen-bond donors (Lipinski definition) is 0. The summed E-state index contributed by atoms with van der Waals surface area (Å²) in [7, 11) is 0. The number of halogens is 1. The summed E-state index contributed by atoms with van der Waals surface area (Å²) < 4.78 is 7.40. The Kier molecular flexibility index (Phi) is 4.72. The zero-order valence-corrected chi connectivity index (χ0v) is 15.8. The molecule has 1 aliphatic heterocycles. The van der Waals surface area contributed by atoms with Crippen LogP contribution in [0.25, 0.3) is 5.69 Å². The van der Waals surface area contributed by atoms with Crippen LogP contribution in [0.15, 0.2) is 71.7 Å². The summed E-state index contributed by atoms with van der Waals surface area (Å²) in [4.78, 5) is 14.8. The smallest absolute Gasteiger partial charge is 0.292 e. The van der Waals surface area contributed by atoms with Crippen LogP contribution in [0.3, 0.4) is 0 Å². The first-order valence-corrected chi connectivity index (χ1v) is 9.24. The summed E-state index contributed by atoms with van der Waals surface area (Å²) in [6.07, 6.45) is 1.66. The van der Waals surface area contributed by atoms with Crippen molar-refractivity contribution >= 4 is 17.3 Å². The quantitative estimate of drug-likeness (QED) is 0.695. The van der Waals surface area contributed by atoms with Gasteiger partial charge in [-0.3, -0.25) is 4.79 Å². The van der Waals surface area contributed by atoms with E-state index in [0.29, 0.717) is 31.1 Å². The van der Waals surface area contributed by atoms with Crippen LogP contribution in [-0.4, -0.2) is 29.5 Å². The average Bonchev–Trinajstić information content (AvgIpc) is 2.71. The van der Waals surface area contributed by atoms with Gasteiger partial charge >= 0.3 is 0 Å². The molecule has 2 aromatic carbocycles. The molecule has 6 heteroatoms. The molecule has 1 unspecified atom stereocenters. The van der Waals surface area contributed by atoms with Gasteiger partial charge in [0, 0.05) is 6.54 Å². The van der Waals surface area contributed by atoms with Crippen LogP contribution in [0.1, 0.15) is 12.5 Å². The third-order valence-electron chi connectivity index (χ3n) is 4.90. The fourth-order valence-corrected chi connectivity index (χ4v) is 3.69. The van der Waals surface area contributed by atoms with Gasteiger partial charge < -0.3 is 9.64 Å². The van der Waals surface area contributed by atoms with Crippen molar-refractivity contribution in [2.24, 2.45) is 0 Å². The zero-order chi connectivity index (χ0) is 18.9. The zero-order valence-electron chi connectivity index (χ0n) is 15.0. The molecule has 4 rings (SSSR count). The van der Waals surface area contributed by atoms with Gasteiger partial charge in [-0.05, 0) is 24.6 Å². The Balaban J connectivity index is 1.68. The first-order valence-electron chi connectivity index (χ1n) is 8.86. The number of anilines is 1. The van der Waals surface area contributed by atoms with Crippen molar-refractivity contribution in [2.75, 3.05) is 24.6 Å². The van der Waals surface area contributed by atoms with Gasteiger partial charge in [0.2, 0.25) is 0 Å². The molecule has 1 fully saturated rings. The van der Waals surface area contributed by atoms with E-state index in [9.17, 15) is 4.79 Å². The monoisotopic (exact) mass is 381 g/mol. The average molecular weight is 382 g/mol. The number of ether oxygens (including phenoxy) is 1. The van der Waals surface area contributed by atoms with E-state index in [1.807, 2.05) is 48.5 Å². The molecule has 0 bridgehead atoms. The number of morpholine rings is 1. The van der Waals surface area contributed by atoms with Crippen LogP contribution in [0.2, 0.25) is 5.02 Å². The van der Waals surface area contributed by atoms with Crippen molar-refractivity contribution in [3.63, 3.8) is 0 Å². The molecule has 138 valence electrons. The molecule has 27 heavy (non-hydrogen) atoms. The van der Waals surface area contributed by atoms with Crippen molar-refractivity contribution in [3.8, 4) is 5.69 Å². The van der Waals surface area contributed by atoms with Crippen LogP contribution >= 0.6 is 11.6 Å². The van der Waals surface area contributed by atoms with Crippen LogP contribution in [0.4, 0.5) is 5.69 Å². The standard InChI is InChI=1S/C21H20ClN3O2/c1-21(16-8-4-2-5-9-16)15-24(12-13-27-21)18-14-23-25(20(26)19(18)22)17-10-6-3-7-11-17/h2-11,14H,12-13,15H2,1H3. The third-order valence-corrected chi connectivity index (χ3v) is 5.26. The predicted molar refractivity (Wildman–Crippen MR) is 107 cm³/mol. The second-order valence-electron chi connectivity index (χ2n) is 6.76. The largest absolute Gasteiger partial charge is 0.367 e. The molecule has 2 heterocycles. The summed E-state index contributed by atoms with van der Waals surface area (Å²) in [5.41, 5.74) is 1.62. The lowest BCUT2D eigenvalue weighted by Gasteiger charge is -2.42. The van der Waals surface area contributed by atoms with E-state index in [4.69, 9.17) is 16.3 Å². The summed E-state index contributed by atoms with van der Waals surface area (Å²) in [5, 5.41) is 4.51. The maximum Gasteiger partial charge on any atom is 0.292 e. The van der Waals surface area contributed by atoms with Gasteiger partial charge in [-0.2, -0.15) is 9.78 Å². The van der Waals surface area contributed by atoms with Gasteiger partial charge in [0.15, 0.2) is 0 Å². The minimum atomic E-state index is -0.475. The summed E-state index contributed by atoms with van der Waals surface area (Å²) in [6, 6.07) is 19.3. The van der Waals surface area contributed by atoms with Crippen LogP contribution in [0, 0.1) is 0 Å². The Morgan fingerprint density at radius 3 is 2.44 bits per heavy atom. The van der Waals surface area contributed by atoms with E-state index in [1.54, 1.807) is 6.20 Å². The Labute approximate surface area is 162 Å². The third kappa shape index (κ3) is 3.36. The molecule has 0 amide bonds. The first kappa shape index (κ1) is 17.8. The number of para-hydroxylation sites is 1. The predicted octanol–water partition coefficient (Wildman–Crippen LogP) is 3.64. The Bertz CT molecular complexity index is 991. The van der Waals surface area contributed by atoms with E-state index in [2.05, 4.69) is 29.1 Å². The second kappa shape index (κ2) is 7.18. The van der Waals surface area contributed by atoms with E-state index in [0.717, 1.165) is 5.56 Å². The highest BCUT2D eigenvalue weighted by molar-refractivity contribution is 6.33. The Morgan fingerprint density at radius 1 is 1.07 bits per heavy atom. The normalized spacial score (nSPS) is 19.9. The van der Waals surface area contributed by atoms with Crippen molar-refractivity contribution in [3.05, 3.63) is 87.8 Å². The molecular weight excluding hydrogens is 362 g/mol. The second-order valence-corrected chi connectivity index (χ2v) is 7.14. The van der Waals surface area contributed by atoms with E-state index >= 15 is 0 Å². The highest BCUT2D eigenvalue weighted by Crippen LogP contribution is 2.33. The topological polar surface area (TPSA) is 47.4 Å². The fourth-order valence-electron chi connectivity index (χ4n) is 3.44. The molecule has 1 aliphatic rings. The molecule has 1 atom stereocenters. The maximum atomic E-state index is 12.8. The van der Waals surface area contributed by atoms with Crippen molar-refractivity contribution in [2.45, 2.75) is 12.5 Å². The summed E-state index contributed by atoms with van der Waals surface area (Å²) >= 11 is 6.46. The van der Waals surface area contributed by atoms with E-state index in [-0.39, 0.29) is 10.6 Å². The number of rotatable bonds is 3. The Morgan fingerprint density at radius 2 is 1.74 bits per heavy atom. The maximum absolute atomic E-state index is 12.8.